The third kappa shape index (κ3) is 4.62. The van der Waals surface area contributed by atoms with Gasteiger partial charge in [0, 0.05) is 24.6 Å². The van der Waals surface area contributed by atoms with Crippen molar-refractivity contribution in [3.05, 3.63) is 94.3 Å². The number of aryl methyl sites for hydroxylation is 3. The lowest BCUT2D eigenvalue weighted by Crippen LogP contribution is -2.23. The van der Waals surface area contributed by atoms with Gasteiger partial charge in [-0.15, -0.1) is 0 Å². The Kier molecular flexibility index (Phi) is 5.84. The van der Waals surface area contributed by atoms with Gasteiger partial charge in [0.2, 0.25) is 0 Å². The first-order valence-corrected chi connectivity index (χ1v) is 9.10. The van der Waals surface area contributed by atoms with Gasteiger partial charge in [-0.2, -0.15) is 0 Å². The molecule has 0 fully saturated rings. The summed E-state index contributed by atoms with van der Waals surface area (Å²) in [5.74, 6) is -0.561. The number of benzene rings is 2. The van der Waals surface area contributed by atoms with Crippen molar-refractivity contribution in [3.63, 3.8) is 0 Å². The molecule has 0 aliphatic rings. The fourth-order valence-electron chi connectivity index (χ4n) is 3.13. The van der Waals surface area contributed by atoms with Crippen LogP contribution in [0.15, 0.2) is 60.9 Å². The Bertz CT molecular complexity index is 990. The van der Waals surface area contributed by atoms with E-state index in [4.69, 9.17) is 0 Å². The highest BCUT2D eigenvalue weighted by atomic mass is 16.2. The van der Waals surface area contributed by atoms with Gasteiger partial charge >= 0.3 is 0 Å². The summed E-state index contributed by atoms with van der Waals surface area (Å²) in [6, 6.07) is 15.2. The topological polar surface area (TPSA) is 71.1 Å². The molecule has 2 aromatic carbocycles. The predicted molar refractivity (Wildman–Crippen MR) is 110 cm³/mol. The van der Waals surface area contributed by atoms with Crippen LogP contribution in [0, 0.1) is 20.8 Å². The number of amides is 2. The molecule has 2 N–H and O–H groups in total. The van der Waals surface area contributed by atoms with Crippen LogP contribution in [0.25, 0.3) is 0 Å². The number of hydrogen-bond acceptors (Lipinski definition) is 3. The van der Waals surface area contributed by atoms with Crippen molar-refractivity contribution in [2.24, 2.45) is 0 Å². The highest BCUT2D eigenvalue weighted by Crippen LogP contribution is 2.22. The van der Waals surface area contributed by atoms with Crippen LogP contribution >= 0.6 is 0 Å². The number of aromatic nitrogens is 1. The molecule has 1 aromatic heterocycles. The minimum absolute atomic E-state index is 0.270. The van der Waals surface area contributed by atoms with E-state index in [2.05, 4.69) is 15.6 Å². The maximum atomic E-state index is 12.7. The lowest BCUT2D eigenvalue weighted by atomic mass is 10.0. The lowest BCUT2D eigenvalue weighted by Gasteiger charge is -2.13. The summed E-state index contributed by atoms with van der Waals surface area (Å²) in [5, 5.41) is 5.78. The van der Waals surface area contributed by atoms with Crippen molar-refractivity contribution >= 4 is 17.5 Å². The van der Waals surface area contributed by atoms with E-state index in [1.54, 1.807) is 6.07 Å². The third-order valence-corrected chi connectivity index (χ3v) is 4.47. The van der Waals surface area contributed by atoms with Crippen LogP contribution in [-0.2, 0) is 6.54 Å². The fraction of sp³-hybridized carbons (Fsp3) is 0.174. The van der Waals surface area contributed by atoms with Gasteiger partial charge < -0.3 is 10.6 Å². The maximum absolute atomic E-state index is 12.7. The van der Waals surface area contributed by atoms with Crippen molar-refractivity contribution in [2.45, 2.75) is 27.3 Å². The molecule has 0 atom stereocenters. The monoisotopic (exact) mass is 373 g/mol. The minimum atomic E-state index is -0.291. The second-order valence-electron chi connectivity index (χ2n) is 6.86. The standard InChI is InChI=1S/C23H23N3O2/c1-15-9-16(2)21(17(3)10-15)26-23(28)20-11-19(13-24-14-20)22(27)25-12-18-7-5-4-6-8-18/h4-11,13-14H,12H2,1-3H3,(H,25,27)(H,26,28). The second-order valence-corrected chi connectivity index (χ2v) is 6.86. The van der Waals surface area contributed by atoms with E-state index >= 15 is 0 Å². The van der Waals surface area contributed by atoms with E-state index in [-0.39, 0.29) is 11.8 Å². The van der Waals surface area contributed by atoms with Crippen LogP contribution < -0.4 is 10.6 Å². The molecule has 3 rings (SSSR count). The number of pyridine rings is 1. The normalized spacial score (nSPS) is 10.4. The molecule has 3 aromatic rings. The summed E-state index contributed by atoms with van der Waals surface area (Å²) in [6.07, 6.45) is 2.92. The molecule has 142 valence electrons. The molecule has 2 amide bonds. The van der Waals surface area contributed by atoms with Gasteiger partial charge in [0.25, 0.3) is 11.8 Å². The molecule has 5 heteroatoms. The first kappa shape index (κ1) is 19.3. The smallest absolute Gasteiger partial charge is 0.257 e. The Morgan fingerprint density at radius 1 is 0.857 bits per heavy atom. The Balaban J connectivity index is 1.72. The Hall–Kier alpha value is -3.47. The number of carbonyl (C=O) groups is 2. The Labute approximate surface area is 164 Å². The van der Waals surface area contributed by atoms with Crippen LogP contribution in [0.2, 0.25) is 0 Å². The summed E-state index contributed by atoms with van der Waals surface area (Å²) in [5.41, 5.74) is 5.61. The molecular formula is C23H23N3O2. The molecule has 1 heterocycles. The van der Waals surface area contributed by atoms with Crippen molar-refractivity contribution in [2.75, 3.05) is 5.32 Å². The summed E-state index contributed by atoms with van der Waals surface area (Å²) >= 11 is 0. The SMILES string of the molecule is Cc1cc(C)c(NC(=O)c2cncc(C(=O)NCc3ccccc3)c2)c(C)c1. The van der Waals surface area contributed by atoms with Crippen LogP contribution in [0.5, 0.6) is 0 Å². The molecule has 0 aliphatic heterocycles. The minimum Gasteiger partial charge on any atom is -0.348 e. The van der Waals surface area contributed by atoms with E-state index in [0.717, 1.165) is 27.9 Å². The number of nitrogens with zero attached hydrogens (tertiary/aromatic N) is 1. The fourth-order valence-corrected chi connectivity index (χ4v) is 3.13. The van der Waals surface area contributed by atoms with Gasteiger partial charge in [-0.1, -0.05) is 48.0 Å². The summed E-state index contributed by atoms with van der Waals surface area (Å²) in [4.78, 5) is 29.1. The average Bonchev–Trinajstić information content (AvgIpc) is 2.69. The number of carbonyl (C=O) groups excluding carboxylic acids is 2. The van der Waals surface area contributed by atoms with Crippen LogP contribution in [0.3, 0.4) is 0 Å². The second kappa shape index (κ2) is 8.48. The van der Waals surface area contributed by atoms with Crippen LogP contribution in [0.1, 0.15) is 43.0 Å². The van der Waals surface area contributed by atoms with E-state index < -0.39 is 0 Å². The first-order valence-electron chi connectivity index (χ1n) is 9.10. The highest BCUT2D eigenvalue weighted by Gasteiger charge is 2.14. The molecular weight excluding hydrogens is 350 g/mol. The van der Waals surface area contributed by atoms with Crippen molar-refractivity contribution in [1.29, 1.82) is 0 Å². The van der Waals surface area contributed by atoms with Gasteiger partial charge in [0.05, 0.1) is 11.1 Å². The average molecular weight is 373 g/mol. The van der Waals surface area contributed by atoms with Gasteiger partial charge in [0.1, 0.15) is 0 Å². The quantitative estimate of drug-likeness (QED) is 0.704. The van der Waals surface area contributed by atoms with Crippen molar-refractivity contribution in [3.8, 4) is 0 Å². The largest absolute Gasteiger partial charge is 0.348 e. The zero-order chi connectivity index (χ0) is 20.1. The van der Waals surface area contributed by atoms with Gasteiger partial charge in [-0.25, -0.2) is 0 Å². The zero-order valence-corrected chi connectivity index (χ0v) is 16.2. The van der Waals surface area contributed by atoms with E-state index in [0.29, 0.717) is 17.7 Å². The molecule has 0 spiro atoms. The van der Waals surface area contributed by atoms with E-state index in [1.165, 1.54) is 12.4 Å². The molecule has 0 saturated heterocycles. The molecule has 0 radical (unpaired) electrons. The van der Waals surface area contributed by atoms with E-state index in [9.17, 15) is 9.59 Å². The predicted octanol–water partition coefficient (Wildman–Crippen LogP) is 4.19. The number of rotatable bonds is 5. The molecule has 0 saturated carbocycles. The number of nitrogens with one attached hydrogen (secondary N) is 2. The summed E-state index contributed by atoms with van der Waals surface area (Å²) in [6.45, 7) is 6.35. The highest BCUT2D eigenvalue weighted by molar-refractivity contribution is 6.06. The van der Waals surface area contributed by atoms with Gasteiger partial charge in [-0.05, 0) is 43.5 Å². The first-order chi connectivity index (χ1) is 13.4. The summed E-state index contributed by atoms with van der Waals surface area (Å²) < 4.78 is 0. The molecule has 0 bridgehead atoms. The molecule has 28 heavy (non-hydrogen) atoms. The maximum Gasteiger partial charge on any atom is 0.257 e. The lowest BCUT2D eigenvalue weighted by molar-refractivity contribution is 0.0950. The van der Waals surface area contributed by atoms with Gasteiger partial charge in [0.15, 0.2) is 0 Å². The molecule has 5 nitrogen and oxygen atoms in total. The van der Waals surface area contributed by atoms with Crippen LogP contribution in [0.4, 0.5) is 5.69 Å². The molecule has 0 unspecified atom stereocenters. The van der Waals surface area contributed by atoms with Gasteiger partial charge in [-0.3, -0.25) is 14.6 Å². The Morgan fingerprint density at radius 3 is 2.11 bits per heavy atom. The molecule has 0 aliphatic carbocycles. The number of anilines is 1. The zero-order valence-electron chi connectivity index (χ0n) is 16.2. The van der Waals surface area contributed by atoms with Crippen molar-refractivity contribution in [1.82, 2.24) is 10.3 Å². The van der Waals surface area contributed by atoms with E-state index in [1.807, 2.05) is 63.2 Å². The van der Waals surface area contributed by atoms with Crippen LogP contribution in [-0.4, -0.2) is 16.8 Å². The summed E-state index contributed by atoms with van der Waals surface area (Å²) in [7, 11) is 0. The third-order valence-electron chi connectivity index (χ3n) is 4.47. The Morgan fingerprint density at radius 2 is 1.46 bits per heavy atom. The van der Waals surface area contributed by atoms with Crippen molar-refractivity contribution < 1.29 is 9.59 Å². The number of hydrogen-bond donors (Lipinski definition) is 2.